The molecule has 2 heterocycles. The predicted octanol–water partition coefficient (Wildman–Crippen LogP) is 4.35. The minimum atomic E-state index is -4.11. The number of methoxy groups -OCH3 is 1. The summed E-state index contributed by atoms with van der Waals surface area (Å²) in [5.74, 6) is 0.452. The highest BCUT2D eigenvalue weighted by Crippen LogP contribution is 2.34. The van der Waals surface area contributed by atoms with Gasteiger partial charge in [-0.1, -0.05) is 48.9 Å². The highest BCUT2D eigenvalue weighted by Gasteiger charge is 2.38. The number of halogens is 1. The Kier molecular flexibility index (Phi) is 7.89. The Morgan fingerprint density at radius 2 is 1.64 bits per heavy atom. The summed E-state index contributed by atoms with van der Waals surface area (Å²) >= 11 is 6.27. The van der Waals surface area contributed by atoms with Crippen molar-refractivity contribution in [3.63, 3.8) is 0 Å². The fourth-order valence-electron chi connectivity index (χ4n) is 4.27. The van der Waals surface area contributed by atoms with Gasteiger partial charge in [0.05, 0.1) is 17.0 Å². The van der Waals surface area contributed by atoms with Crippen molar-refractivity contribution in [2.45, 2.75) is 42.0 Å². The van der Waals surface area contributed by atoms with E-state index < -0.39 is 26.1 Å². The Labute approximate surface area is 217 Å². The normalized spacial score (nSPS) is 15.5. The zero-order valence-corrected chi connectivity index (χ0v) is 22.4. The number of rotatable bonds is 8. The molecule has 0 bridgehead atoms. The SMILES string of the molecule is CCc1ccc(S(=O)(=O)N2CCC(N(c3cccc(OC)n3)S(=O)(=O)c3ccccc3Cl)CC2)cc1. The van der Waals surface area contributed by atoms with Crippen molar-refractivity contribution in [3.05, 3.63) is 77.3 Å². The van der Waals surface area contributed by atoms with Crippen molar-refractivity contribution in [2.75, 3.05) is 24.5 Å². The first-order chi connectivity index (χ1) is 17.2. The minimum Gasteiger partial charge on any atom is -0.481 e. The van der Waals surface area contributed by atoms with Crippen molar-refractivity contribution >= 4 is 37.5 Å². The lowest BCUT2D eigenvalue weighted by Gasteiger charge is -2.38. The van der Waals surface area contributed by atoms with E-state index in [2.05, 4.69) is 4.98 Å². The minimum absolute atomic E-state index is 0.0395. The average Bonchev–Trinajstić information content (AvgIpc) is 2.89. The number of hydrogen-bond donors (Lipinski definition) is 0. The molecule has 0 unspecified atom stereocenters. The molecule has 3 aromatic rings. The lowest BCUT2D eigenvalue weighted by Crippen LogP contribution is -2.49. The van der Waals surface area contributed by atoms with E-state index >= 15 is 0 Å². The van der Waals surface area contributed by atoms with Crippen LogP contribution in [-0.2, 0) is 26.5 Å². The molecule has 1 aliphatic heterocycles. The monoisotopic (exact) mass is 549 g/mol. The largest absolute Gasteiger partial charge is 0.481 e. The van der Waals surface area contributed by atoms with Gasteiger partial charge in [0.15, 0.2) is 0 Å². The van der Waals surface area contributed by atoms with Crippen LogP contribution in [0.3, 0.4) is 0 Å². The fraction of sp³-hybridized carbons (Fsp3) is 0.320. The molecule has 0 N–H and O–H groups in total. The van der Waals surface area contributed by atoms with Gasteiger partial charge in [-0.15, -0.1) is 0 Å². The summed E-state index contributed by atoms with van der Waals surface area (Å²) in [6, 6.07) is 17.4. The zero-order chi connectivity index (χ0) is 25.9. The molecule has 36 heavy (non-hydrogen) atoms. The van der Waals surface area contributed by atoms with Gasteiger partial charge in [-0.05, 0) is 55.2 Å². The van der Waals surface area contributed by atoms with Crippen LogP contribution in [0, 0.1) is 0 Å². The maximum atomic E-state index is 13.8. The van der Waals surface area contributed by atoms with Gasteiger partial charge < -0.3 is 4.74 Å². The smallest absolute Gasteiger partial charge is 0.267 e. The molecule has 1 aliphatic rings. The number of pyridine rings is 1. The third-order valence-corrected chi connectivity index (χ3v) is 10.5. The second-order valence-corrected chi connectivity index (χ2v) is 12.5. The summed E-state index contributed by atoms with van der Waals surface area (Å²) < 4.78 is 62.0. The molecule has 0 aliphatic carbocycles. The summed E-state index contributed by atoms with van der Waals surface area (Å²) in [6.07, 6.45) is 1.39. The number of anilines is 1. The summed E-state index contributed by atoms with van der Waals surface area (Å²) in [5.41, 5.74) is 1.05. The Bertz CT molecular complexity index is 1420. The fourth-order valence-corrected chi connectivity index (χ4v) is 7.90. The number of aryl methyl sites for hydroxylation is 1. The molecule has 192 valence electrons. The Morgan fingerprint density at radius 3 is 2.25 bits per heavy atom. The van der Waals surface area contributed by atoms with E-state index in [-0.39, 0.29) is 52.4 Å². The Morgan fingerprint density at radius 1 is 0.972 bits per heavy atom. The average molecular weight is 550 g/mol. The maximum absolute atomic E-state index is 13.8. The van der Waals surface area contributed by atoms with Crippen LogP contribution in [0.25, 0.3) is 0 Å². The van der Waals surface area contributed by atoms with E-state index in [1.807, 2.05) is 19.1 Å². The van der Waals surface area contributed by atoms with Crippen molar-refractivity contribution in [3.8, 4) is 5.88 Å². The summed E-state index contributed by atoms with van der Waals surface area (Å²) in [7, 11) is -6.35. The Balaban J connectivity index is 1.65. The molecule has 0 radical (unpaired) electrons. The van der Waals surface area contributed by atoms with E-state index in [4.69, 9.17) is 16.3 Å². The molecule has 0 atom stereocenters. The number of hydrogen-bond acceptors (Lipinski definition) is 6. The number of benzene rings is 2. The van der Waals surface area contributed by atoms with Crippen LogP contribution in [0.2, 0.25) is 5.02 Å². The van der Waals surface area contributed by atoms with Gasteiger partial charge in [0.1, 0.15) is 10.7 Å². The first kappa shape index (κ1) is 26.4. The van der Waals surface area contributed by atoms with E-state index in [0.29, 0.717) is 0 Å². The van der Waals surface area contributed by atoms with Crippen molar-refractivity contribution in [1.82, 2.24) is 9.29 Å². The predicted molar refractivity (Wildman–Crippen MR) is 140 cm³/mol. The van der Waals surface area contributed by atoms with Crippen LogP contribution in [0.15, 0.2) is 76.5 Å². The van der Waals surface area contributed by atoms with E-state index in [0.717, 1.165) is 12.0 Å². The summed E-state index contributed by atoms with van der Waals surface area (Å²) in [4.78, 5) is 4.56. The summed E-state index contributed by atoms with van der Waals surface area (Å²) in [6.45, 7) is 2.34. The third-order valence-electron chi connectivity index (χ3n) is 6.24. The van der Waals surface area contributed by atoms with Crippen molar-refractivity contribution in [2.24, 2.45) is 0 Å². The van der Waals surface area contributed by atoms with Crippen LogP contribution in [0.4, 0.5) is 5.82 Å². The Hall–Kier alpha value is -2.66. The quantitative estimate of drug-likeness (QED) is 0.414. The highest BCUT2D eigenvalue weighted by atomic mass is 35.5. The number of piperidine rings is 1. The van der Waals surface area contributed by atoms with Crippen LogP contribution >= 0.6 is 11.6 Å². The van der Waals surface area contributed by atoms with Gasteiger partial charge in [-0.25, -0.2) is 21.1 Å². The van der Waals surface area contributed by atoms with Gasteiger partial charge in [0.2, 0.25) is 15.9 Å². The standard InChI is InChI=1S/C25H28ClN3O5S2/c1-3-19-11-13-21(14-12-19)35(30,31)28-17-15-20(16-18-28)29(24-9-6-10-25(27-24)34-2)36(32,33)23-8-5-4-7-22(23)26/h4-14,20H,3,15-18H2,1-2H3. The third kappa shape index (κ3) is 5.22. The van der Waals surface area contributed by atoms with Gasteiger partial charge in [-0.2, -0.15) is 9.29 Å². The van der Waals surface area contributed by atoms with Crippen molar-refractivity contribution < 1.29 is 21.6 Å². The van der Waals surface area contributed by atoms with Crippen LogP contribution in [-0.4, -0.2) is 52.4 Å². The molecule has 0 amide bonds. The van der Waals surface area contributed by atoms with E-state index in [9.17, 15) is 16.8 Å². The number of sulfonamides is 2. The molecule has 8 nitrogen and oxygen atoms in total. The van der Waals surface area contributed by atoms with E-state index in [1.54, 1.807) is 42.5 Å². The molecular formula is C25H28ClN3O5S2. The lowest BCUT2D eigenvalue weighted by molar-refractivity contribution is 0.320. The molecule has 1 aromatic heterocycles. The second-order valence-electron chi connectivity index (χ2n) is 8.40. The number of nitrogens with zero attached hydrogens (tertiary/aromatic N) is 3. The van der Waals surface area contributed by atoms with Crippen LogP contribution in [0.5, 0.6) is 5.88 Å². The van der Waals surface area contributed by atoms with Gasteiger partial charge in [0.25, 0.3) is 10.0 Å². The van der Waals surface area contributed by atoms with Gasteiger partial charge in [0, 0.05) is 25.2 Å². The number of aromatic nitrogens is 1. The van der Waals surface area contributed by atoms with Gasteiger partial charge >= 0.3 is 0 Å². The molecule has 2 aromatic carbocycles. The molecule has 4 rings (SSSR count). The maximum Gasteiger partial charge on any atom is 0.267 e. The molecule has 1 saturated heterocycles. The first-order valence-corrected chi connectivity index (χ1v) is 14.8. The van der Waals surface area contributed by atoms with Crippen LogP contribution < -0.4 is 9.04 Å². The lowest BCUT2D eigenvalue weighted by atomic mass is 10.1. The molecule has 0 spiro atoms. The topological polar surface area (TPSA) is 96.9 Å². The number of ether oxygens (including phenoxy) is 1. The zero-order valence-electron chi connectivity index (χ0n) is 20.0. The van der Waals surface area contributed by atoms with E-state index in [1.165, 1.54) is 27.9 Å². The second kappa shape index (κ2) is 10.8. The molecule has 0 saturated carbocycles. The molecule has 1 fully saturated rings. The first-order valence-electron chi connectivity index (χ1n) is 11.6. The van der Waals surface area contributed by atoms with Crippen LogP contribution in [0.1, 0.15) is 25.3 Å². The molecular weight excluding hydrogens is 522 g/mol. The highest BCUT2D eigenvalue weighted by molar-refractivity contribution is 7.93. The van der Waals surface area contributed by atoms with Gasteiger partial charge in [-0.3, -0.25) is 0 Å². The summed E-state index contributed by atoms with van der Waals surface area (Å²) in [5, 5.41) is 0.0981. The van der Waals surface area contributed by atoms with Crippen molar-refractivity contribution in [1.29, 1.82) is 0 Å². The molecule has 11 heteroatoms.